The lowest BCUT2D eigenvalue weighted by Gasteiger charge is -2.19. The smallest absolute Gasteiger partial charge is 0.0463 e. The number of hydrogen-bond donors (Lipinski definition) is 2. The first-order valence-corrected chi connectivity index (χ1v) is 6.12. The fraction of sp³-hybridized carbons (Fsp3) is 0.455. The highest BCUT2D eigenvalue weighted by atomic mass is 79.9. The zero-order chi connectivity index (χ0) is 11.4. The summed E-state index contributed by atoms with van der Waals surface area (Å²) in [6, 6.07) is 6.01. The van der Waals surface area contributed by atoms with E-state index in [0.717, 1.165) is 21.5 Å². The Hall–Kier alpha value is -0.0900. The van der Waals surface area contributed by atoms with Gasteiger partial charge in [0.2, 0.25) is 0 Å². The van der Waals surface area contributed by atoms with E-state index in [-0.39, 0.29) is 6.04 Å². The molecule has 3 N–H and O–H groups in total. The highest BCUT2D eigenvalue weighted by Gasteiger charge is 2.12. The predicted octanol–water partition coefficient (Wildman–Crippen LogP) is 3.65. The molecule has 4 heteroatoms. The Bertz CT molecular complexity index is 308. The second-order valence-corrected chi connectivity index (χ2v) is 5.40. The van der Waals surface area contributed by atoms with E-state index in [1.165, 1.54) is 0 Å². The van der Waals surface area contributed by atoms with Crippen molar-refractivity contribution >= 4 is 27.5 Å². The van der Waals surface area contributed by atoms with E-state index < -0.39 is 0 Å². The molecule has 1 unspecified atom stereocenters. The van der Waals surface area contributed by atoms with Gasteiger partial charge in [-0.05, 0) is 36.1 Å². The van der Waals surface area contributed by atoms with Gasteiger partial charge in [0.25, 0.3) is 0 Å². The average molecular weight is 292 g/mol. The fourth-order valence-corrected chi connectivity index (χ4v) is 2.43. The van der Waals surface area contributed by atoms with Gasteiger partial charge in [0.15, 0.2) is 0 Å². The van der Waals surface area contributed by atoms with Crippen molar-refractivity contribution in [2.75, 3.05) is 0 Å². The Kier molecular flexibility index (Phi) is 5.06. The van der Waals surface area contributed by atoms with Gasteiger partial charge in [-0.25, -0.2) is 0 Å². The van der Waals surface area contributed by atoms with Gasteiger partial charge in [-0.1, -0.05) is 41.4 Å². The maximum Gasteiger partial charge on any atom is 0.0463 e. The van der Waals surface area contributed by atoms with Crippen LogP contribution in [-0.2, 0) is 0 Å². The van der Waals surface area contributed by atoms with Crippen LogP contribution in [-0.4, -0.2) is 0 Å². The number of rotatable bonds is 4. The Labute approximate surface area is 104 Å². The molecule has 2 nitrogen and oxygen atoms in total. The Balaban J connectivity index is 2.91. The van der Waals surface area contributed by atoms with Gasteiger partial charge in [0.05, 0.1) is 0 Å². The van der Waals surface area contributed by atoms with Crippen molar-refractivity contribution in [2.24, 2.45) is 11.8 Å². The summed E-state index contributed by atoms with van der Waals surface area (Å²) in [6.45, 7) is 4.34. The van der Waals surface area contributed by atoms with Gasteiger partial charge in [0, 0.05) is 15.5 Å². The van der Waals surface area contributed by atoms with Crippen LogP contribution >= 0.6 is 27.5 Å². The summed E-state index contributed by atoms with van der Waals surface area (Å²) in [6.07, 6.45) is 0.989. The van der Waals surface area contributed by atoms with Crippen LogP contribution < -0.4 is 11.3 Å². The third-order valence-electron chi connectivity index (χ3n) is 2.20. The highest BCUT2D eigenvalue weighted by molar-refractivity contribution is 9.10. The molecule has 0 heterocycles. The van der Waals surface area contributed by atoms with Crippen molar-refractivity contribution in [1.29, 1.82) is 0 Å². The second-order valence-electron chi connectivity index (χ2n) is 4.05. The largest absolute Gasteiger partial charge is 0.271 e. The van der Waals surface area contributed by atoms with Gasteiger partial charge in [-0.2, -0.15) is 0 Å². The molecule has 15 heavy (non-hydrogen) atoms. The maximum atomic E-state index is 5.99. The molecule has 0 saturated heterocycles. The molecular formula is C11H16BrClN2. The van der Waals surface area contributed by atoms with E-state index in [2.05, 4.69) is 35.2 Å². The molecule has 0 aliphatic carbocycles. The molecule has 0 radical (unpaired) electrons. The third kappa shape index (κ3) is 4.11. The molecule has 0 saturated carbocycles. The van der Waals surface area contributed by atoms with Gasteiger partial charge in [-0.15, -0.1) is 0 Å². The highest BCUT2D eigenvalue weighted by Crippen LogP contribution is 2.26. The molecule has 0 aliphatic rings. The number of halogens is 2. The summed E-state index contributed by atoms with van der Waals surface area (Å²) in [7, 11) is 0. The van der Waals surface area contributed by atoms with Crippen molar-refractivity contribution in [1.82, 2.24) is 5.43 Å². The maximum absolute atomic E-state index is 5.99. The molecule has 0 aliphatic heterocycles. The van der Waals surface area contributed by atoms with Crippen molar-refractivity contribution in [3.05, 3.63) is 33.3 Å². The lowest BCUT2D eigenvalue weighted by molar-refractivity contribution is 0.438. The SMILES string of the molecule is CC(C)CC(NN)c1cc(Cl)cc(Br)c1. The second kappa shape index (κ2) is 5.85. The monoisotopic (exact) mass is 290 g/mol. The van der Waals surface area contributed by atoms with E-state index in [4.69, 9.17) is 17.4 Å². The summed E-state index contributed by atoms with van der Waals surface area (Å²) in [4.78, 5) is 0. The van der Waals surface area contributed by atoms with Crippen LogP contribution in [0.2, 0.25) is 5.02 Å². The molecular weight excluding hydrogens is 275 g/mol. The minimum Gasteiger partial charge on any atom is -0.271 e. The fourth-order valence-electron chi connectivity index (χ4n) is 1.55. The average Bonchev–Trinajstić information content (AvgIpc) is 2.12. The normalized spacial score (nSPS) is 13.2. The molecule has 84 valence electrons. The van der Waals surface area contributed by atoms with E-state index in [1.807, 2.05) is 18.2 Å². The van der Waals surface area contributed by atoms with Crippen molar-refractivity contribution in [3.63, 3.8) is 0 Å². The minimum atomic E-state index is 0.153. The van der Waals surface area contributed by atoms with Crippen LogP contribution in [0.3, 0.4) is 0 Å². The predicted molar refractivity (Wildman–Crippen MR) is 68.7 cm³/mol. The number of nitrogens with one attached hydrogen (secondary N) is 1. The molecule has 0 amide bonds. The summed E-state index contributed by atoms with van der Waals surface area (Å²) < 4.78 is 0.981. The first-order valence-electron chi connectivity index (χ1n) is 4.95. The third-order valence-corrected chi connectivity index (χ3v) is 2.87. The summed E-state index contributed by atoms with van der Waals surface area (Å²) in [5.74, 6) is 6.13. The number of benzene rings is 1. The van der Waals surface area contributed by atoms with Crippen LogP contribution in [0.4, 0.5) is 0 Å². The van der Waals surface area contributed by atoms with Crippen molar-refractivity contribution in [3.8, 4) is 0 Å². The van der Waals surface area contributed by atoms with E-state index in [1.54, 1.807) is 0 Å². The van der Waals surface area contributed by atoms with E-state index in [0.29, 0.717) is 5.92 Å². The van der Waals surface area contributed by atoms with E-state index in [9.17, 15) is 0 Å². The number of nitrogens with two attached hydrogens (primary N) is 1. The quantitative estimate of drug-likeness (QED) is 0.656. The Morgan fingerprint density at radius 1 is 1.40 bits per heavy atom. The van der Waals surface area contributed by atoms with Crippen LogP contribution in [0.5, 0.6) is 0 Å². The van der Waals surface area contributed by atoms with Crippen LogP contribution in [0.15, 0.2) is 22.7 Å². The van der Waals surface area contributed by atoms with Crippen LogP contribution in [0.25, 0.3) is 0 Å². The number of hydrogen-bond acceptors (Lipinski definition) is 2. The summed E-state index contributed by atoms with van der Waals surface area (Å²) >= 11 is 9.41. The minimum absolute atomic E-state index is 0.153. The topological polar surface area (TPSA) is 38.0 Å². The lowest BCUT2D eigenvalue weighted by atomic mass is 9.98. The zero-order valence-corrected chi connectivity index (χ0v) is 11.3. The number of hydrazine groups is 1. The van der Waals surface area contributed by atoms with Gasteiger partial charge in [0.1, 0.15) is 0 Å². The van der Waals surface area contributed by atoms with Crippen molar-refractivity contribution in [2.45, 2.75) is 26.3 Å². The first-order chi connectivity index (χ1) is 7.02. The molecule has 1 aromatic rings. The molecule has 0 fully saturated rings. The molecule has 1 atom stereocenters. The van der Waals surface area contributed by atoms with Crippen molar-refractivity contribution < 1.29 is 0 Å². The first kappa shape index (κ1) is 13.0. The molecule has 1 aromatic carbocycles. The van der Waals surface area contributed by atoms with Crippen LogP contribution in [0.1, 0.15) is 31.9 Å². The summed E-state index contributed by atoms with van der Waals surface area (Å²) in [5, 5.41) is 0.725. The Morgan fingerprint density at radius 3 is 2.53 bits per heavy atom. The van der Waals surface area contributed by atoms with Gasteiger partial charge >= 0.3 is 0 Å². The summed E-state index contributed by atoms with van der Waals surface area (Å²) in [5.41, 5.74) is 3.94. The zero-order valence-electron chi connectivity index (χ0n) is 8.93. The molecule has 0 bridgehead atoms. The molecule has 0 spiro atoms. The molecule has 1 rings (SSSR count). The van der Waals surface area contributed by atoms with Crippen LogP contribution in [0, 0.1) is 5.92 Å². The van der Waals surface area contributed by atoms with Gasteiger partial charge in [-0.3, -0.25) is 11.3 Å². The van der Waals surface area contributed by atoms with Gasteiger partial charge < -0.3 is 0 Å². The van der Waals surface area contributed by atoms with E-state index >= 15 is 0 Å². The molecule has 0 aromatic heterocycles. The Morgan fingerprint density at radius 2 is 2.07 bits per heavy atom. The lowest BCUT2D eigenvalue weighted by Crippen LogP contribution is -2.29. The standard InChI is InChI=1S/C11H16BrClN2/c1-7(2)3-11(15-14)8-4-9(12)6-10(13)5-8/h4-7,11,15H,3,14H2,1-2H3.